The van der Waals surface area contributed by atoms with Gasteiger partial charge in [-0.15, -0.1) is 0 Å². The van der Waals surface area contributed by atoms with E-state index in [0.29, 0.717) is 25.0 Å². The Kier molecular flexibility index (Phi) is 5.71. The van der Waals surface area contributed by atoms with Gasteiger partial charge >= 0.3 is 0 Å². The first kappa shape index (κ1) is 18.2. The largest absolute Gasteiger partial charge is 0.481 e. The Morgan fingerprint density at radius 1 is 1.00 bits per heavy atom. The Hall–Kier alpha value is -2.63. The van der Waals surface area contributed by atoms with Crippen LogP contribution in [0.3, 0.4) is 0 Å². The second kappa shape index (κ2) is 8.17. The van der Waals surface area contributed by atoms with E-state index in [0.717, 1.165) is 18.8 Å². The summed E-state index contributed by atoms with van der Waals surface area (Å²) >= 11 is 0. The zero-order chi connectivity index (χ0) is 18.5. The molecule has 0 aliphatic carbocycles. The van der Waals surface area contributed by atoms with Crippen molar-refractivity contribution in [1.82, 2.24) is 14.9 Å². The zero-order valence-electron chi connectivity index (χ0n) is 15.6. The van der Waals surface area contributed by atoms with E-state index in [9.17, 15) is 4.79 Å². The van der Waals surface area contributed by atoms with E-state index in [4.69, 9.17) is 4.74 Å². The lowest BCUT2D eigenvalue weighted by Gasteiger charge is -2.35. The van der Waals surface area contributed by atoms with Crippen LogP contribution in [-0.2, 0) is 4.79 Å². The minimum atomic E-state index is -0.501. The predicted octanol–water partition coefficient (Wildman–Crippen LogP) is 2.72. The third-order valence-electron chi connectivity index (χ3n) is 4.63. The highest BCUT2D eigenvalue weighted by atomic mass is 16.5. The normalized spacial score (nSPS) is 15.8. The van der Waals surface area contributed by atoms with E-state index in [1.165, 1.54) is 5.56 Å². The van der Waals surface area contributed by atoms with E-state index < -0.39 is 6.10 Å². The number of aromatic nitrogens is 2. The van der Waals surface area contributed by atoms with Crippen molar-refractivity contribution in [3.63, 3.8) is 0 Å². The molecule has 1 aliphatic heterocycles. The molecular formula is C20H26N4O2. The lowest BCUT2D eigenvalue weighted by atomic mass is 10.0. The lowest BCUT2D eigenvalue weighted by Crippen LogP contribution is -2.52. The van der Waals surface area contributed by atoms with Crippen molar-refractivity contribution >= 4 is 11.9 Å². The van der Waals surface area contributed by atoms with Crippen LogP contribution in [0.2, 0.25) is 0 Å². The van der Waals surface area contributed by atoms with Crippen molar-refractivity contribution < 1.29 is 9.53 Å². The van der Waals surface area contributed by atoms with Crippen molar-refractivity contribution in [2.45, 2.75) is 32.8 Å². The van der Waals surface area contributed by atoms with E-state index >= 15 is 0 Å². The molecule has 0 spiro atoms. The number of rotatable bonds is 5. The molecule has 26 heavy (non-hydrogen) atoms. The van der Waals surface area contributed by atoms with Crippen LogP contribution in [0.25, 0.3) is 0 Å². The summed E-state index contributed by atoms with van der Waals surface area (Å²) in [7, 11) is 0. The van der Waals surface area contributed by atoms with Crippen LogP contribution in [0.1, 0.15) is 32.3 Å². The van der Waals surface area contributed by atoms with Crippen molar-refractivity contribution in [3.05, 3.63) is 48.3 Å². The number of nitrogens with zero attached hydrogens (tertiary/aromatic N) is 4. The number of carbonyl (C=O) groups excluding carboxylic acids is 1. The first-order valence-electron chi connectivity index (χ1n) is 9.12. The summed E-state index contributed by atoms with van der Waals surface area (Å²) in [6, 6.07) is 9.77. The predicted molar refractivity (Wildman–Crippen MR) is 101 cm³/mol. The molecule has 1 saturated heterocycles. The third-order valence-corrected chi connectivity index (χ3v) is 4.63. The number of carbonyl (C=O) groups is 1. The van der Waals surface area contributed by atoms with E-state index in [1.54, 1.807) is 18.5 Å². The quantitative estimate of drug-likeness (QED) is 0.826. The van der Waals surface area contributed by atoms with Crippen LogP contribution in [0.4, 0.5) is 5.95 Å². The molecule has 3 rings (SSSR count). The van der Waals surface area contributed by atoms with Gasteiger partial charge in [0.25, 0.3) is 5.91 Å². The first-order chi connectivity index (χ1) is 12.5. The van der Waals surface area contributed by atoms with Crippen molar-refractivity contribution in [2.75, 3.05) is 31.1 Å². The molecule has 6 heteroatoms. The topological polar surface area (TPSA) is 58.6 Å². The van der Waals surface area contributed by atoms with Gasteiger partial charge in [-0.3, -0.25) is 4.79 Å². The Balaban J connectivity index is 1.53. The van der Waals surface area contributed by atoms with Gasteiger partial charge in [-0.05, 0) is 36.6 Å². The summed E-state index contributed by atoms with van der Waals surface area (Å²) in [6.07, 6.45) is 2.97. The summed E-state index contributed by atoms with van der Waals surface area (Å²) in [4.78, 5) is 25.2. The fraction of sp³-hybridized carbons (Fsp3) is 0.450. The number of amides is 1. The zero-order valence-corrected chi connectivity index (χ0v) is 15.6. The first-order valence-corrected chi connectivity index (χ1v) is 9.12. The lowest BCUT2D eigenvalue weighted by molar-refractivity contribution is -0.138. The maximum absolute atomic E-state index is 12.7. The van der Waals surface area contributed by atoms with E-state index in [2.05, 4.69) is 40.8 Å². The number of piperazine rings is 1. The maximum Gasteiger partial charge on any atom is 0.263 e. The smallest absolute Gasteiger partial charge is 0.263 e. The molecule has 1 aromatic heterocycles. The molecule has 6 nitrogen and oxygen atoms in total. The van der Waals surface area contributed by atoms with Crippen LogP contribution in [0, 0.1) is 0 Å². The van der Waals surface area contributed by atoms with Crippen molar-refractivity contribution in [3.8, 4) is 5.75 Å². The van der Waals surface area contributed by atoms with Crippen LogP contribution < -0.4 is 9.64 Å². The van der Waals surface area contributed by atoms with Crippen molar-refractivity contribution in [2.24, 2.45) is 0 Å². The minimum Gasteiger partial charge on any atom is -0.481 e. The Morgan fingerprint density at radius 2 is 1.62 bits per heavy atom. The highest BCUT2D eigenvalue weighted by Gasteiger charge is 2.26. The molecule has 0 saturated carbocycles. The summed E-state index contributed by atoms with van der Waals surface area (Å²) in [5, 5.41) is 0. The Labute approximate surface area is 154 Å². The standard InChI is InChI=1S/C20H26N4O2/c1-15(2)17-5-7-18(8-6-17)26-16(3)19(25)23-11-13-24(14-12-23)20-21-9-4-10-22-20/h4-10,15-16H,11-14H2,1-3H3/t16-/m0/s1. The van der Waals surface area contributed by atoms with Crippen LogP contribution in [0.5, 0.6) is 5.75 Å². The molecule has 1 amide bonds. The Morgan fingerprint density at radius 3 is 2.19 bits per heavy atom. The number of hydrogen-bond acceptors (Lipinski definition) is 5. The monoisotopic (exact) mass is 354 g/mol. The molecule has 1 aromatic carbocycles. The number of hydrogen-bond donors (Lipinski definition) is 0. The Bertz CT molecular complexity index is 710. The molecule has 0 bridgehead atoms. The van der Waals surface area contributed by atoms with E-state index in [1.807, 2.05) is 24.0 Å². The fourth-order valence-corrected chi connectivity index (χ4v) is 3.02. The van der Waals surface area contributed by atoms with Gasteiger partial charge in [-0.2, -0.15) is 0 Å². The number of anilines is 1. The summed E-state index contributed by atoms with van der Waals surface area (Å²) < 4.78 is 5.85. The van der Waals surface area contributed by atoms with Gasteiger partial charge < -0.3 is 14.5 Å². The molecule has 0 radical (unpaired) electrons. The molecular weight excluding hydrogens is 328 g/mol. The van der Waals surface area contributed by atoms with Gasteiger partial charge in [0, 0.05) is 38.6 Å². The molecule has 0 unspecified atom stereocenters. The molecule has 2 heterocycles. The number of ether oxygens (including phenoxy) is 1. The number of benzene rings is 1. The average Bonchev–Trinajstić information content (AvgIpc) is 2.68. The van der Waals surface area contributed by atoms with Gasteiger partial charge in [0.05, 0.1) is 0 Å². The molecule has 1 fully saturated rings. The van der Waals surface area contributed by atoms with Crippen LogP contribution in [0.15, 0.2) is 42.7 Å². The fourth-order valence-electron chi connectivity index (χ4n) is 3.02. The maximum atomic E-state index is 12.7. The summed E-state index contributed by atoms with van der Waals surface area (Å²) in [6.45, 7) is 8.88. The van der Waals surface area contributed by atoms with E-state index in [-0.39, 0.29) is 5.91 Å². The molecule has 138 valence electrons. The van der Waals surface area contributed by atoms with Gasteiger partial charge in [0.15, 0.2) is 6.10 Å². The second-order valence-electron chi connectivity index (χ2n) is 6.84. The molecule has 2 aromatic rings. The van der Waals surface area contributed by atoms with Gasteiger partial charge in [-0.25, -0.2) is 9.97 Å². The summed E-state index contributed by atoms with van der Waals surface area (Å²) in [5.74, 6) is 1.94. The second-order valence-corrected chi connectivity index (χ2v) is 6.84. The highest BCUT2D eigenvalue weighted by Crippen LogP contribution is 2.20. The molecule has 1 atom stereocenters. The van der Waals surface area contributed by atoms with Crippen LogP contribution in [-0.4, -0.2) is 53.1 Å². The van der Waals surface area contributed by atoms with Gasteiger partial charge in [-0.1, -0.05) is 26.0 Å². The minimum absolute atomic E-state index is 0.0200. The highest BCUT2D eigenvalue weighted by molar-refractivity contribution is 5.81. The SMILES string of the molecule is CC(C)c1ccc(O[C@@H](C)C(=O)N2CCN(c3ncccn3)CC2)cc1. The van der Waals surface area contributed by atoms with Gasteiger partial charge in [0.2, 0.25) is 5.95 Å². The van der Waals surface area contributed by atoms with Crippen LogP contribution >= 0.6 is 0 Å². The summed E-state index contributed by atoms with van der Waals surface area (Å²) in [5.41, 5.74) is 1.26. The molecule has 1 aliphatic rings. The molecule has 0 N–H and O–H groups in total. The van der Waals surface area contributed by atoms with Crippen molar-refractivity contribution in [1.29, 1.82) is 0 Å². The third kappa shape index (κ3) is 4.31. The van der Waals surface area contributed by atoms with Gasteiger partial charge in [0.1, 0.15) is 5.75 Å². The average molecular weight is 354 g/mol.